The van der Waals surface area contributed by atoms with E-state index in [9.17, 15) is 23.0 Å². The molecule has 40 heavy (non-hydrogen) atoms. The van der Waals surface area contributed by atoms with Crippen LogP contribution in [0, 0.1) is 5.92 Å². The summed E-state index contributed by atoms with van der Waals surface area (Å²) in [6.45, 7) is 6.59. The maximum absolute atomic E-state index is 14.4. The minimum absolute atomic E-state index is 0.00975. The van der Waals surface area contributed by atoms with Gasteiger partial charge in [0.05, 0.1) is 17.9 Å². The van der Waals surface area contributed by atoms with Crippen LogP contribution in [0.15, 0.2) is 36.7 Å². The molecular weight excluding hydrogens is 535 g/mol. The van der Waals surface area contributed by atoms with Crippen molar-refractivity contribution in [1.82, 2.24) is 15.0 Å². The number of rotatable bonds is 8. The zero-order valence-electron chi connectivity index (χ0n) is 23.2. The second-order valence-corrected chi connectivity index (χ2v) is 13.7. The standard InChI is InChI=1S/C28H37FN6O4S/c1-17(15-36)20-5-6-23(35-13-19(18(35)2)16-40(4,38)39)22-12-31-26(11-21(20)22)32-25-7-9-30-27(33-25)34-10-8-28(3,37)24(29)14-34/h5-7,9,11-12,17-19,24,36-37H,8,10,13-16H2,1-4H3,(H,30,31,32,33)/t17-,18-,19-,24+,28-/m1/s1. The van der Waals surface area contributed by atoms with Crippen molar-refractivity contribution in [3.05, 3.63) is 42.2 Å². The number of aliphatic hydroxyl groups excluding tert-OH is 1. The molecule has 0 radical (unpaired) electrons. The summed E-state index contributed by atoms with van der Waals surface area (Å²) >= 11 is 0. The van der Waals surface area contributed by atoms with E-state index in [0.717, 1.165) is 22.0 Å². The molecule has 5 rings (SSSR count). The van der Waals surface area contributed by atoms with Crippen molar-refractivity contribution in [3.63, 3.8) is 0 Å². The van der Waals surface area contributed by atoms with Crippen LogP contribution in [0.2, 0.25) is 0 Å². The summed E-state index contributed by atoms with van der Waals surface area (Å²) in [5.74, 6) is 1.55. The maximum Gasteiger partial charge on any atom is 0.227 e. The van der Waals surface area contributed by atoms with Crippen molar-refractivity contribution >= 4 is 43.9 Å². The summed E-state index contributed by atoms with van der Waals surface area (Å²) < 4.78 is 38.1. The Morgan fingerprint density at radius 3 is 2.65 bits per heavy atom. The lowest BCUT2D eigenvalue weighted by Gasteiger charge is -2.48. The average molecular weight is 573 g/mol. The minimum atomic E-state index is -3.06. The summed E-state index contributed by atoms with van der Waals surface area (Å²) in [7, 11) is -3.06. The average Bonchev–Trinajstić information content (AvgIpc) is 2.91. The van der Waals surface area contributed by atoms with Crippen LogP contribution in [0.3, 0.4) is 0 Å². The Hall–Kier alpha value is -3.09. The first-order chi connectivity index (χ1) is 18.9. The van der Waals surface area contributed by atoms with Gasteiger partial charge in [-0.25, -0.2) is 22.8 Å². The molecule has 2 aliphatic heterocycles. The number of aromatic nitrogens is 3. The highest BCUT2D eigenvalue weighted by molar-refractivity contribution is 7.90. The fraction of sp³-hybridized carbons (Fsp3) is 0.536. The molecular formula is C28H37FN6O4S. The number of benzene rings is 1. The van der Waals surface area contributed by atoms with Gasteiger partial charge < -0.3 is 25.3 Å². The summed E-state index contributed by atoms with van der Waals surface area (Å²) in [4.78, 5) is 17.4. The van der Waals surface area contributed by atoms with Crippen molar-refractivity contribution in [2.75, 3.05) is 53.4 Å². The molecule has 0 amide bonds. The third-order valence-electron chi connectivity index (χ3n) is 8.27. The number of fused-ring (bicyclic) bond motifs is 1. The Balaban J connectivity index is 1.42. The number of anilines is 4. The summed E-state index contributed by atoms with van der Waals surface area (Å²) in [6.07, 6.45) is 3.54. The summed E-state index contributed by atoms with van der Waals surface area (Å²) in [5, 5.41) is 25.2. The Kier molecular flexibility index (Phi) is 7.62. The number of pyridine rings is 1. The highest BCUT2D eigenvalue weighted by Gasteiger charge is 2.39. The smallest absolute Gasteiger partial charge is 0.227 e. The monoisotopic (exact) mass is 572 g/mol. The zero-order chi connectivity index (χ0) is 28.8. The van der Waals surface area contributed by atoms with Gasteiger partial charge in [0.2, 0.25) is 5.95 Å². The van der Waals surface area contributed by atoms with Gasteiger partial charge in [-0.1, -0.05) is 13.0 Å². The molecule has 2 aliphatic rings. The number of hydrogen-bond donors (Lipinski definition) is 3. The van der Waals surface area contributed by atoms with Gasteiger partial charge in [0.1, 0.15) is 27.6 Å². The van der Waals surface area contributed by atoms with Crippen LogP contribution in [0.5, 0.6) is 0 Å². The third kappa shape index (κ3) is 5.70. The number of aliphatic hydroxyl groups is 2. The van der Waals surface area contributed by atoms with Gasteiger partial charge in [-0.2, -0.15) is 4.98 Å². The Morgan fingerprint density at radius 1 is 1.20 bits per heavy atom. The second kappa shape index (κ2) is 10.7. The number of piperidine rings is 1. The molecule has 0 spiro atoms. The zero-order valence-corrected chi connectivity index (χ0v) is 24.1. The molecule has 4 heterocycles. The number of sulfone groups is 1. The van der Waals surface area contributed by atoms with E-state index in [1.54, 1.807) is 23.4 Å². The quantitative estimate of drug-likeness (QED) is 0.370. The van der Waals surface area contributed by atoms with Gasteiger partial charge in [0.25, 0.3) is 0 Å². The molecule has 5 atom stereocenters. The minimum Gasteiger partial charge on any atom is -0.396 e. The van der Waals surface area contributed by atoms with E-state index in [-0.39, 0.29) is 43.2 Å². The highest BCUT2D eigenvalue weighted by Crippen LogP contribution is 2.39. The molecule has 3 N–H and O–H groups in total. The van der Waals surface area contributed by atoms with E-state index in [0.29, 0.717) is 30.7 Å². The third-order valence-corrected chi connectivity index (χ3v) is 9.31. The van der Waals surface area contributed by atoms with Crippen LogP contribution in [0.25, 0.3) is 10.8 Å². The van der Waals surface area contributed by atoms with E-state index >= 15 is 0 Å². The number of nitrogens with one attached hydrogen (secondary N) is 1. The van der Waals surface area contributed by atoms with E-state index in [1.165, 1.54) is 13.2 Å². The van der Waals surface area contributed by atoms with Gasteiger partial charge in [-0.05, 0) is 49.4 Å². The molecule has 0 aliphatic carbocycles. The SMILES string of the molecule is C[C@H](CO)c1ccc(N2C[C@H](CS(C)(=O)=O)[C@H]2C)c2cnc(Nc3ccnc(N4CC[C@@](C)(O)[C@@H](F)C4)n3)cc12. The molecule has 2 fully saturated rings. The molecule has 216 valence electrons. The normalized spacial score (nSPS) is 26.0. The van der Waals surface area contributed by atoms with Crippen molar-refractivity contribution in [2.24, 2.45) is 5.92 Å². The van der Waals surface area contributed by atoms with Crippen molar-refractivity contribution in [1.29, 1.82) is 0 Å². The van der Waals surface area contributed by atoms with Crippen LogP contribution in [0.1, 0.15) is 38.7 Å². The van der Waals surface area contributed by atoms with Crippen LogP contribution in [-0.2, 0) is 9.84 Å². The Bertz CT molecular complexity index is 1500. The topological polar surface area (TPSA) is 132 Å². The van der Waals surface area contributed by atoms with Crippen LogP contribution >= 0.6 is 0 Å². The number of nitrogens with zero attached hydrogens (tertiary/aromatic N) is 5. The highest BCUT2D eigenvalue weighted by atomic mass is 32.2. The number of halogens is 1. The fourth-order valence-corrected chi connectivity index (χ4v) is 6.72. The lowest BCUT2D eigenvalue weighted by molar-refractivity contribution is -0.0332. The lowest BCUT2D eigenvalue weighted by Crippen LogP contribution is -2.57. The molecule has 0 saturated carbocycles. The molecule has 1 aromatic carbocycles. The molecule has 10 nitrogen and oxygen atoms in total. The first-order valence-corrected chi connectivity index (χ1v) is 15.6. The van der Waals surface area contributed by atoms with Gasteiger partial charge >= 0.3 is 0 Å². The summed E-state index contributed by atoms with van der Waals surface area (Å²) in [5.41, 5.74) is 0.600. The lowest BCUT2D eigenvalue weighted by atomic mass is 9.88. The largest absolute Gasteiger partial charge is 0.396 e. The van der Waals surface area contributed by atoms with E-state index in [4.69, 9.17) is 0 Å². The molecule has 12 heteroatoms. The van der Waals surface area contributed by atoms with Crippen molar-refractivity contribution < 1.29 is 23.0 Å². The van der Waals surface area contributed by atoms with E-state index in [2.05, 4.69) is 25.2 Å². The molecule has 0 bridgehead atoms. The first kappa shape index (κ1) is 28.4. The Morgan fingerprint density at radius 2 is 1.98 bits per heavy atom. The second-order valence-electron chi connectivity index (χ2n) is 11.5. The van der Waals surface area contributed by atoms with Crippen LogP contribution < -0.4 is 15.1 Å². The van der Waals surface area contributed by atoms with Crippen LogP contribution in [0.4, 0.5) is 27.7 Å². The molecule has 3 aromatic rings. The number of alkyl halides is 1. The Labute approximate surface area is 234 Å². The maximum atomic E-state index is 14.4. The van der Waals surface area contributed by atoms with Gasteiger partial charge in [0, 0.05) is 67.3 Å². The van der Waals surface area contributed by atoms with Crippen molar-refractivity contribution in [2.45, 2.75) is 50.9 Å². The fourth-order valence-electron chi connectivity index (χ4n) is 5.56. The predicted molar refractivity (Wildman–Crippen MR) is 155 cm³/mol. The molecule has 2 aromatic heterocycles. The first-order valence-electron chi connectivity index (χ1n) is 13.6. The summed E-state index contributed by atoms with van der Waals surface area (Å²) in [6, 6.07) is 7.74. The van der Waals surface area contributed by atoms with Gasteiger partial charge in [-0.3, -0.25) is 0 Å². The molecule has 0 unspecified atom stereocenters. The van der Waals surface area contributed by atoms with E-state index in [1.807, 2.05) is 32.0 Å². The molecule has 2 saturated heterocycles. The predicted octanol–water partition coefficient (Wildman–Crippen LogP) is 3.03. The van der Waals surface area contributed by atoms with E-state index < -0.39 is 21.6 Å². The van der Waals surface area contributed by atoms with Gasteiger partial charge in [-0.15, -0.1) is 0 Å². The number of hydrogen-bond acceptors (Lipinski definition) is 10. The van der Waals surface area contributed by atoms with Crippen LogP contribution in [-0.4, -0.2) is 89.6 Å². The van der Waals surface area contributed by atoms with Gasteiger partial charge in [0.15, 0.2) is 0 Å². The van der Waals surface area contributed by atoms with Crippen molar-refractivity contribution in [3.8, 4) is 0 Å².